The maximum Gasteiger partial charge on any atom is 0.412 e. The molecular weight excluding hydrogens is 302 g/mol. The van der Waals surface area contributed by atoms with Gasteiger partial charge in [0.2, 0.25) is 0 Å². The molecule has 0 aliphatic carbocycles. The van der Waals surface area contributed by atoms with Crippen molar-refractivity contribution in [3.05, 3.63) is 24.4 Å². The minimum Gasteiger partial charge on any atom is -0.445 e. The topological polar surface area (TPSA) is 55.4 Å². The van der Waals surface area contributed by atoms with Gasteiger partial charge in [-0.1, -0.05) is 83.4 Å². The molecule has 0 unspecified atom stereocenters. The number of rotatable bonds is 15. The van der Waals surface area contributed by atoms with Crippen LogP contribution in [0.3, 0.4) is 0 Å². The van der Waals surface area contributed by atoms with Crippen molar-refractivity contribution in [3.63, 3.8) is 0 Å². The fraction of sp³-hybridized carbons (Fsp3) is 0.700. The minimum absolute atomic E-state index is 0.0346. The normalized spacial score (nSPS) is 11.2. The van der Waals surface area contributed by atoms with E-state index in [9.17, 15) is 9.59 Å². The first-order valence-corrected chi connectivity index (χ1v) is 9.39. The summed E-state index contributed by atoms with van der Waals surface area (Å²) in [5, 5.41) is 2.49. The summed E-state index contributed by atoms with van der Waals surface area (Å²) in [6.45, 7) is 7.58. The summed E-state index contributed by atoms with van der Waals surface area (Å²) in [6, 6.07) is 0. The van der Waals surface area contributed by atoms with Gasteiger partial charge in [-0.15, -0.1) is 0 Å². The van der Waals surface area contributed by atoms with Crippen LogP contribution < -0.4 is 5.32 Å². The van der Waals surface area contributed by atoms with Crippen LogP contribution in [0, 0.1) is 0 Å². The maximum atomic E-state index is 12.1. The molecule has 0 rings (SSSR count). The highest BCUT2D eigenvalue weighted by atomic mass is 16.5. The van der Waals surface area contributed by atoms with Crippen molar-refractivity contribution in [2.75, 3.05) is 6.61 Å². The Morgan fingerprint density at radius 1 is 0.958 bits per heavy atom. The van der Waals surface area contributed by atoms with Crippen LogP contribution in [-0.4, -0.2) is 18.5 Å². The molecule has 0 radical (unpaired) electrons. The van der Waals surface area contributed by atoms with Crippen LogP contribution in [0.1, 0.15) is 84.5 Å². The zero-order chi connectivity index (χ0) is 18.0. The van der Waals surface area contributed by atoms with E-state index in [0.29, 0.717) is 12.1 Å². The summed E-state index contributed by atoms with van der Waals surface area (Å²) in [4.78, 5) is 23.5. The van der Waals surface area contributed by atoms with Crippen molar-refractivity contribution in [1.29, 1.82) is 0 Å². The lowest BCUT2D eigenvalue weighted by Gasteiger charge is -2.08. The minimum atomic E-state index is -0.612. The zero-order valence-electron chi connectivity index (χ0n) is 15.6. The lowest BCUT2D eigenvalue weighted by molar-refractivity contribution is -0.116. The van der Waals surface area contributed by atoms with E-state index in [1.165, 1.54) is 57.4 Å². The number of carbonyl (C=O) groups is 2. The van der Waals surface area contributed by atoms with Gasteiger partial charge in [0.1, 0.15) is 6.61 Å². The average molecular weight is 338 g/mol. The Balaban J connectivity index is 3.68. The molecule has 0 fully saturated rings. The van der Waals surface area contributed by atoms with Gasteiger partial charge < -0.3 is 4.74 Å². The second kappa shape index (κ2) is 16.3. The van der Waals surface area contributed by atoms with E-state index in [4.69, 9.17) is 4.74 Å². The number of carbonyl (C=O) groups excluding carboxylic acids is 2. The van der Waals surface area contributed by atoms with Crippen LogP contribution in [0.2, 0.25) is 0 Å². The van der Waals surface area contributed by atoms with Crippen molar-refractivity contribution in [3.8, 4) is 0 Å². The summed E-state index contributed by atoms with van der Waals surface area (Å²) in [6.07, 6.45) is 15.3. The van der Waals surface area contributed by atoms with Crippen molar-refractivity contribution >= 4 is 11.9 Å². The molecule has 0 aliphatic heterocycles. The Bertz CT molecular complexity index is 388. The van der Waals surface area contributed by atoms with Crippen molar-refractivity contribution in [2.45, 2.75) is 84.5 Å². The van der Waals surface area contributed by atoms with E-state index < -0.39 is 6.09 Å². The quantitative estimate of drug-likeness (QED) is 0.237. The van der Waals surface area contributed by atoms with Gasteiger partial charge in [0.15, 0.2) is 5.78 Å². The van der Waals surface area contributed by atoms with Gasteiger partial charge in [0.25, 0.3) is 0 Å². The number of Topliss-reactive ketones (excluding diaryl/α,β-unsaturated/α-hetero) is 1. The predicted molar refractivity (Wildman–Crippen MR) is 99.9 cm³/mol. The largest absolute Gasteiger partial charge is 0.445 e. The molecule has 0 atom stereocenters. The predicted octanol–water partition coefficient (Wildman–Crippen LogP) is 5.68. The van der Waals surface area contributed by atoms with Gasteiger partial charge in [-0.05, 0) is 13.3 Å². The van der Waals surface area contributed by atoms with Gasteiger partial charge in [-0.3, -0.25) is 10.1 Å². The molecule has 1 amide bonds. The highest BCUT2D eigenvalue weighted by Gasteiger charge is 2.12. The van der Waals surface area contributed by atoms with Crippen LogP contribution in [-0.2, 0) is 9.53 Å². The Hall–Kier alpha value is -1.58. The highest BCUT2D eigenvalue weighted by Crippen LogP contribution is 2.12. The van der Waals surface area contributed by atoms with Crippen LogP contribution in [0.25, 0.3) is 0 Å². The molecule has 1 N–H and O–H groups in total. The van der Waals surface area contributed by atoms with E-state index in [1.807, 2.05) is 0 Å². The second-order valence-corrected chi connectivity index (χ2v) is 6.07. The van der Waals surface area contributed by atoms with E-state index in [-0.39, 0.29) is 12.4 Å². The first-order valence-electron chi connectivity index (χ1n) is 9.39. The summed E-state index contributed by atoms with van der Waals surface area (Å²) in [7, 11) is 0. The molecule has 138 valence electrons. The van der Waals surface area contributed by atoms with Crippen molar-refractivity contribution in [2.24, 2.45) is 0 Å². The highest BCUT2D eigenvalue weighted by molar-refractivity contribution is 5.97. The standard InChI is InChI=1S/C20H35NO3/c1-4-7-8-9-10-11-12-13-14-15-16-19(22)18(6-3)21-20(23)24-17-5-2/h5-6H,2,4,7-17H2,1,3H3,(H,21,23)/b18-6-. The van der Waals surface area contributed by atoms with Crippen LogP contribution in [0.4, 0.5) is 4.79 Å². The van der Waals surface area contributed by atoms with E-state index in [2.05, 4.69) is 18.8 Å². The molecule has 0 bridgehead atoms. The molecular formula is C20H35NO3. The Morgan fingerprint density at radius 3 is 2.00 bits per heavy atom. The number of ether oxygens (including phenoxy) is 1. The first-order chi connectivity index (χ1) is 11.7. The van der Waals surface area contributed by atoms with Gasteiger partial charge in [-0.2, -0.15) is 0 Å². The first kappa shape index (κ1) is 22.4. The van der Waals surface area contributed by atoms with Crippen LogP contribution in [0.5, 0.6) is 0 Å². The summed E-state index contributed by atoms with van der Waals surface area (Å²) in [5.74, 6) is -0.0346. The third-order valence-corrected chi connectivity index (χ3v) is 3.92. The Kier molecular flexibility index (Phi) is 15.2. The summed E-state index contributed by atoms with van der Waals surface area (Å²) < 4.78 is 4.82. The molecule has 4 heteroatoms. The molecule has 4 nitrogen and oxygen atoms in total. The third-order valence-electron chi connectivity index (χ3n) is 3.92. The van der Waals surface area contributed by atoms with Gasteiger partial charge >= 0.3 is 6.09 Å². The average Bonchev–Trinajstić information content (AvgIpc) is 2.59. The van der Waals surface area contributed by atoms with Gasteiger partial charge in [-0.25, -0.2) is 4.79 Å². The van der Waals surface area contributed by atoms with Crippen LogP contribution in [0.15, 0.2) is 24.4 Å². The number of nitrogens with one attached hydrogen (secondary N) is 1. The molecule has 0 aliphatic rings. The smallest absolute Gasteiger partial charge is 0.412 e. The fourth-order valence-electron chi connectivity index (χ4n) is 2.49. The van der Waals surface area contributed by atoms with Crippen molar-refractivity contribution in [1.82, 2.24) is 5.32 Å². The van der Waals surface area contributed by atoms with Crippen molar-refractivity contribution < 1.29 is 14.3 Å². The molecule has 0 aromatic rings. The number of ketones is 1. The number of alkyl carbamates (subject to hydrolysis) is 1. The number of unbranched alkanes of at least 4 members (excludes halogenated alkanes) is 9. The van der Waals surface area contributed by atoms with Gasteiger partial charge in [0, 0.05) is 6.42 Å². The third kappa shape index (κ3) is 12.9. The van der Waals surface area contributed by atoms with E-state index in [0.717, 1.165) is 12.8 Å². The molecule has 0 heterocycles. The van der Waals surface area contributed by atoms with E-state index in [1.54, 1.807) is 13.0 Å². The molecule has 0 saturated carbocycles. The Labute approximate surface area is 147 Å². The maximum absolute atomic E-state index is 12.1. The number of allylic oxidation sites excluding steroid dienone is 2. The lowest BCUT2D eigenvalue weighted by Crippen LogP contribution is -2.28. The lowest BCUT2D eigenvalue weighted by atomic mass is 10.0. The SMILES string of the molecule is C=CCOC(=O)N/C(=C\C)C(=O)CCCCCCCCCCCC. The molecule has 0 aromatic heterocycles. The van der Waals surface area contributed by atoms with Gasteiger partial charge in [0.05, 0.1) is 5.70 Å². The summed E-state index contributed by atoms with van der Waals surface area (Å²) in [5.41, 5.74) is 0.319. The molecule has 0 aromatic carbocycles. The van der Waals surface area contributed by atoms with Crippen LogP contribution >= 0.6 is 0 Å². The fourth-order valence-corrected chi connectivity index (χ4v) is 2.49. The number of hydrogen-bond donors (Lipinski definition) is 1. The zero-order valence-corrected chi connectivity index (χ0v) is 15.6. The second-order valence-electron chi connectivity index (χ2n) is 6.07. The molecule has 0 spiro atoms. The summed E-state index contributed by atoms with van der Waals surface area (Å²) >= 11 is 0. The number of amides is 1. The number of hydrogen-bond acceptors (Lipinski definition) is 3. The molecule has 0 saturated heterocycles. The van der Waals surface area contributed by atoms with E-state index >= 15 is 0 Å². The monoisotopic (exact) mass is 337 g/mol. The molecule has 24 heavy (non-hydrogen) atoms. The Morgan fingerprint density at radius 2 is 1.50 bits per heavy atom.